The molecule has 2 fully saturated rings. The lowest BCUT2D eigenvalue weighted by atomic mass is 10.1. The van der Waals surface area contributed by atoms with Crippen molar-refractivity contribution in [1.82, 2.24) is 19.8 Å². The third kappa shape index (κ3) is 3.06. The molecule has 3 heterocycles. The van der Waals surface area contributed by atoms with Crippen LogP contribution in [-0.4, -0.2) is 66.9 Å². The van der Waals surface area contributed by atoms with E-state index in [4.69, 9.17) is 0 Å². The largest absolute Gasteiger partial charge is 0.368 e. The number of carbonyl (C=O) groups is 3. The summed E-state index contributed by atoms with van der Waals surface area (Å²) in [5, 5.41) is 2.68. The average Bonchev–Trinajstić information content (AvgIpc) is 3.10. The molecule has 0 saturated carbocycles. The van der Waals surface area contributed by atoms with Gasteiger partial charge in [-0.15, -0.1) is 0 Å². The molecule has 8 nitrogen and oxygen atoms in total. The van der Waals surface area contributed by atoms with Crippen LogP contribution in [0.2, 0.25) is 0 Å². The summed E-state index contributed by atoms with van der Waals surface area (Å²) in [6, 6.07) is 7.03. The summed E-state index contributed by atoms with van der Waals surface area (Å²) in [6.45, 7) is 4.76. The molecule has 142 valence electrons. The molecule has 2 N–H and O–H groups in total. The zero-order valence-electron chi connectivity index (χ0n) is 15.2. The van der Waals surface area contributed by atoms with Gasteiger partial charge in [0.2, 0.25) is 0 Å². The Bertz CT molecular complexity index is 847. The molecule has 1 unspecified atom stereocenters. The highest BCUT2D eigenvalue weighted by molar-refractivity contribution is 8.02. The van der Waals surface area contributed by atoms with Gasteiger partial charge in [0.05, 0.1) is 5.70 Å². The fraction of sp³-hybridized carbons (Fsp3) is 0.389. The third-order valence-corrected chi connectivity index (χ3v) is 6.11. The Morgan fingerprint density at radius 3 is 2.56 bits per heavy atom. The second-order valence-electron chi connectivity index (χ2n) is 6.79. The molecule has 2 saturated heterocycles. The van der Waals surface area contributed by atoms with Gasteiger partial charge in [0, 0.05) is 38.9 Å². The molecule has 1 aromatic carbocycles. The van der Waals surface area contributed by atoms with E-state index < -0.39 is 12.1 Å². The van der Waals surface area contributed by atoms with Crippen molar-refractivity contribution < 1.29 is 14.4 Å². The van der Waals surface area contributed by atoms with Crippen LogP contribution in [0.1, 0.15) is 5.56 Å². The van der Waals surface area contributed by atoms with E-state index in [1.165, 1.54) is 18.3 Å². The molecule has 3 aliphatic heterocycles. The third-order valence-electron chi connectivity index (χ3n) is 5.15. The van der Waals surface area contributed by atoms with E-state index >= 15 is 0 Å². The fourth-order valence-electron chi connectivity index (χ4n) is 3.53. The number of amides is 4. The number of anilines is 1. The molecule has 27 heavy (non-hydrogen) atoms. The standard InChI is InChI=1S/C18H21N5O3S/c1-11-5-3-4-6-12(11)22-7-9-23(10-8-22)17(25)15-13-14(20-27-15)16(24)21(2)18(26)19-13/h3-6,14,20H,7-10H2,1-2H3,(H,19,26). The Morgan fingerprint density at radius 2 is 1.85 bits per heavy atom. The number of hydrogen-bond donors (Lipinski definition) is 2. The number of likely N-dealkylation sites (N-methyl/N-ethyl adjacent to an activating group) is 1. The van der Waals surface area contributed by atoms with Crippen molar-refractivity contribution in [3.63, 3.8) is 0 Å². The van der Waals surface area contributed by atoms with Gasteiger partial charge in [0.15, 0.2) is 0 Å². The maximum atomic E-state index is 13.0. The second kappa shape index (κ2) is 6.90. The van der Waals surface area contributed by atoms with E-state index in [-0.39, 0.29) is 11.8 Å². The minimum absolute atomic E-state index is 0.146. The molecular weight excluding hydrogens is 366 g/mol. The molecule has 9 heteroatoms. The SMILES string of the molecule is Cc1ccccc1N1CCN(C(=O)C2=C3NC(=O)N(C)C(=O)C3NS2)CC1. The normalized spacial score (nSPS) is 22.9. The number of imide groups is 1. The van der Waals surface area contributed by atoms with E-state index in [0.717, 1.165) is 29.9 Å². The second-order valence-corrected chi connectivity index (χ2v) is 7.64. The molecule has 0 bridgehead atoms. The Kier molecular flexibility index (Phi) is 4.56. The number of hydrogen-bond acceptors (Lipinski definition) is 6. The van der Waals surface area contributed by atoms with Gasteiger partial charge in [-0.1, -0.05) is 18.2 Å². The van der Waals surface area contributed by atoms with Gasteiger partial charge in [-0.25, -0.2) is 9.52 Å². The first-order valence-electron chi connectivity index (χ1n) is 8.82. The van der Waals surface area contributed by atoms with Crippen molar-refractivity contribution in [3.8, 4) is 0 Å². The number of nitrogens with zero attached hydrogens (tertiary/aromatic N) is 3. The summed E-state index contributed by atoms with van der Waals surface area (Å²) in [6.07, 6.45) is 0. The minimum Gasteiger partial charge on any atom is -0.368 e. The van der Waals surface area contributed by atoms with Gasteiger partial charge in [-0.3, -0.25) is 14.5 Å². The predicted octanol–water partition coefficient (Wildman–Crippen LogP) is 0.657. The van der Waals surface area contributed by atoms with Crippen LogP contribution in [0.4, 0.5) is 10.5 Å². The molecule has 3 aliphatic rings. The lowest BCUT2D eigenvalue weighted by Crippen LogP contribution is -2.56. The summed E-state index contributed by atoms with van der Waals surface area (Å²) in [7, 11) is 1.42. The number of carbonyl (C=O) groups excluding carboxylic acids is 3. The predicted molar refractivity (Wildman–Crippen MR) is 103 cm³/mol. The summed E-state index contributed by atoms with van der Waals surface area (Å²) in [5.41, 5.74) is 2.78. The van der Waals surface area contributed by atoms with Gasteiger partial charge < -0.3 is 15.1 Å². The van der Waals surface area contributed by atoms with Crippen molar-refractivity contribution in [2.45, 2.75) is 13.0 Å². The highest BCUT2D eigenvalue weighted by Crippen LogP contribution is 2.32. The summed E-state index contributed by atoms with van der Waals surface area (Å²) in [5.74, 6) is -0.500. The molecule has 0 aliphatic carbocycles. The molecule has 1 atom stereocenters. The monoisotopic (exact) mass is 387 g/mol. The van der Waals surface area contributed by atoms with Crippen LogP contribution in [0, 0.1) is 6.92 Å². The van der Waals surface area contributed by atoms with Crippen LogP contribution < -0.4 is 14.9 Å². The number of benzene rings is 1. The highest BCUT2D eigenvalue weighted by Gasteiger charge is 2.43. The Labute approximate surface area is 161 Å². The Balaban J connectivity index is 1.47. The zero-order chi connectivity index (χ0) is 19.1. The van der Waals surface area contributed by atoms with Crippen molar-refractivity contribution in [2.75, 3.05) is 38.1 Å². The number of rotatable bonds is 2. The van der Waals surface area contributed by atoms with Gasteiger partial charge in [0.25, 0.3) is 11.8 Å². The van der Waals surface area contributed by atoms with Crippen LogP contribution in [-0.2, 0) is 9.59 Å². The summed E-state index contributed by atoms with van der Waals surface area (Å²) < 4.78 is 2.95. The van der Waals surface area contributed by atoms with Crippen LogP contribution in [0.5, 0.6) is 0 Å². The molecular formula is C18H21N5O3S. The van der Waals surface area contributed by atoms with Crippen molar-refractivity contribution in [2.24, 2.45) is 0 Å². The van der Waals surface area contributed by atoms with Crippen molar-refractivity contribution >= 4 is 35.5 Å². The minimum atomic E-state index is -0.676. The number of nitrogens with one attached hydrogen (secondary N) is 2. The van der Waals surface area contributed by atoms with Gasteiger partial charge in [-0.05, 0) is 30.5 Å². The summed E-state index contributed by atoms with van der Waals surface area (Å²) in [4.78, 5) is 42.6. The maximum absolute atomic E-state index is 13.0. The van der Waals surface area contributed by atoms with Crippen molar-refractivity contribution in [3.05, 3.63) is 40.4 Å². The van der Waals surface area contributed by atoms with Gasteiger partial charge >= 0.3 is 6.03 Å². The van der Waals surface area contributed by atoms with E-state index in [1.54, 1.807) is 4.90 Å². The molecule has 0 aromatic heterocycles. The lowest BCUT2D eigenvalue weighted by molar-refractivity contribution is -0.128. The molecule has 1 aromatic rings. The van der Waals surface area contributed by atoms with E-state index in [2.05, 4.69) is 34.0 Å². The van der Waals surface area contributed by atoms with Crippen LogP contribution in [0.3, 0.4) is 0 Å². The van der Waals surface area contributed by atoms with Crippen molar-refractivity contribution in [1.29, 1.82) is 0 Å². The van der Waals surface area contributed by atoms with E-state index in [0.29, 0.717) is 23.7 Å². The number of piperazine rings is 1. The highest BCUT2D eigenvalue weighted by atomic mass is 32.2. The molecule has 0 radical (unpaired) electrons. The number of para-hydroxylation sites is 1. The number of fused-ring (bicyclic) bond motifs is 1. The van der Waals surface area contributed by atoms with E-state index in [1.807, 2.05) is 12.1 Å². The zero-order valence-corrected chi connectivity index (χ0v) is 16.0. The average molecular weight is 387 g/mol. The fourth-order valence-corrected chi connectivity index (χ4v) is 4.48. The molecule has 4 amide bonds. The van der Waals surface area contributed by atoms with Crippen LogP contribution in [0.25, 0.3) is 0 Å². The number of aryl methyl sites for hydroxylation is 1. The summed E-state index contributed by atoms with van der Waals surface area (Å²) >= 11 is 1.12. The first-order valence-corrected chi connectivity index (χ1v) is 9.64. The molecule has 0 spiro atoms. The lowest BCUT2D eigenvalue weighted by Gasteiger charge is -2.37. The van der Waals surface area contributed by atoms with Gasteiger partial charge in [0.1, 0.15) is 10.9 Å². The molecule has 4 rings (SSSR count). The first kappa shape index (κ1) is 17.9. The van der Waals surface area contributed by atoms with Crippen LogP contribution >= 0.6 is 11.9 Å². The smallest absolute Gasteiger partial charge is 0.328 e. The topological polar surface area (TPSA) is 85.0 Å². The first-order chi connectivity index (χ1) is 13.0. The Morgan fingerprint density at radius 1 is 1.15 bits per heavy atom. The number of urea groups is 1. The van der Waals surface area contributed by atoms with Crippen LogP contribution in [0.15, 0.2) is 34.9 Å². The van der Waals surface area contributed by atoms with Gasteiger partial charge in [-0.2, -0.15) is 0 Å². The van der Waals surface area contributed by atoms with E-state index in [9.17, 15) is 14.4 Å². The quantitative estimate of drug-likeness (QED) is 0.725. The maximum Gasteiger partial charge on any atom is 0.328 e. The Hall–Kier alpha value is -2.52.